The number of morpholine rings is 1. The van der Waals surface area contributed by atoms with Crippen molar-refractivity contribution >= 4 is 17.7 Å². The topological polar surface area (TPSA) is 38.8 Å². The van der Waals surface area contributed by atoms with Crippen molar-refractivity contribution in [2.24, 2.45) is 0 Å². The Hall–Kier alpha value is -1.81. The molecule has 1 saturated heterocycles. The minimum absolute atomic E-state index is 0.341. The summed E-state index contributed by atoms with van der Waals surface area (Å²) in [5.41, 5.74) is 2.17. The third kappa shape index (κ3) is 3.34. The number of nitrogens with zero attached hydrogens (tertiary/aromatic N) is 1. The van der Waals surface area contributed by atoms with Crippen LogP contribution in [0.25, 0.3) is 6.08 Å². The van der Waals surface area contributed by atoms with Gasteiger partial charge in [-0.2, -0.15) is 0 Å². The second-order valence-electron chi connectivity index (χ2n) is 4.05. The average Bonchev–Trinajstić information content (AvgIpc) is 2.46. The third-order valence-corrected chi connectivity index (χ3v) is 2.88. The second-order valence-corrected chi connectivity index (χ2v) is 4.05. The van der Waals surface area contributed by atoms with Crippen molar-refractivity contribution in [3.63, 3.8) is 0 Å². The number of carbonyl (C=O) groups excluding carboxylic acids is 1. The van der Waals surface area contributed by atoms with Crippen molar-refractivity contribution in [1.29, 1.82) is 0 Å². The van der Waals surface area contributed by atoms with Gasteiger partial charge in [0.15, 0.2) is 0 Å². The lowest BCUT2D eigenvalue weighted by molar-refractivity contribution is -0.134. The Bertz CT molecular complexity index is 419. The van der Waals surface area contributed by atoms with Crippen LogP contribution in [-0.4, -0.2) is 39.4 Å². The summed E-state index contributed by atoms with van der Waals surface area (Å²) in [6.07, 6.45) is 3.17. The molecular formula is C14H17NO3. The van der Waals surface area contributed by atoms with Crippen molar-refractivity contribution < 1.29 is 14.3 Å². The van der Waals surface area contributed by atoms with E-state index in [1.54, 1.807) is 6.08 Å². The number of ether oxygens (including phenoxy) is 2. The van der Waals surface area contributed by atoms with Gasteiger partial charge < -0.3 is 14.4 Å². The zero-order valence-corrected chi connectivity index (χ0v) is 10.5. The number of hydrogen-bond donors (Lipinski definition) is 0. The molecule has 0 radical (unpaired) electrons. The van der Waals surface area contributed by atoms with E-state index >= 15 is 0 Å². The summed E-state index contributed by atoms with van der Waals surface area (Å²) >= 11 is 0. The van der Waals surface area contributed by atoms with Crippen molar-refractivity contribution in [2.45, 2.75) is 0 Å². The van der Waals surface area contributed by atoms with Crippen LogP contribution in [0.4, 0.5) is 5.69 Å². The fraction of sp³-hybridized carbons (Fsp3) is 0.357. The molecule has 0 aliphatic carbocycles. The number of hydrogen-bond acceptors (Lipinski definition) is 4. The van der Waals surface area contributed by atoms with Crippen LogP contribution in [0, 0.1) is 0 Å². The van der Waals surface area contributed by atoms with E-state index in [-0.39, 0.29) is 5.97 Å². The number of esters is 1. The zero-order valence-electron chi connectivity index (χ0n) is 10.5. The van der Waals surface area contributed by atoms with Crippen molar-refractivity contribution in [3.8, 4) is 0 Å². The SMILES string of the molecule is COC(=O)/C=C/c1ccc(N2CCOCC2)cc1. The van der Waals surface area contributed by atoms with Gasteiger partial charge in [0, 0.05) is 24.9 Å². The summed E-state index contributed by atoms with van der Waals surface area (Å²) in [4.78, 5) is 13.3. The lowest BCUT2D eigenvalue weighted by Gasteiger charge is -2.28. The first kappa shape index (κ1) is 12.6. The molecule has 1 heterocycles. The van der Waals surface area contributed by atoms with E-state index < -0.39 is 0 Å². The second kappa shape index (κ2) is 6.21. The molecule has 4 heteroatoms. The molecule has 1 aromatic carbocycles. The Morgan fingerprint density at radius 1 is 1.28 bits per heavy atom. The van der Waals surface area contributed by atoms with Crippen LogP contribution in [0.15, 0.2) is 30.3 Å². The molecular weight excluding hydrogens is 230 g/mol. The summed E-state index contributed by atoms with van der Waals surface area (Å²) in [5.74, 6) is -0.341. The van der Waals surface area contributed by atoms with Crippen LogP contribution in [0.2, 0.25) is 0 Å². The molecule has 96 valence electrons. The minimum Gasteiger partial charge on any atom is -0.466 e. The monoisotopic (exact) mass is 247 g/mol. The Morgan fingerprint density at radius 3 is 2.56 bits per heavy atom. The maximum Gasteiger partial charge on any atom is 0.330 e. The van der Waals surface area contributed by atoms with Crippen molar-refractivity contribution in [3.05, 3.63) is 35.9 Å². The maximum atomic E-state index is 11.0. The standard InChI is InChI=1S/C14H17NO3/c1-17-14(16)7-4-12-2-5-13(6-3-12)15-8-10-18-11-9-15/h2-7H,8-11H2,1H3/b7-4+. The fourth-order valence-electron chi connectivity index (χ4n) is 1.85. The van der Waals surface area contributed by atoms with E-state index in [4.69, 9.17) is 4.74 Å². The highest BCUT2D eigenvalue weighted by Gasteiger charge is 2.10. The van der Waals surface area contributed by atoms with Gasteiger partial charge in [0.25, 0.3) is 0 Å². The van der Waals surface area contributed by atoms with Crippen LogP contribution in [0.1, 0.15) is 5.56 Å². The molecule has 0 aromatic heterocycles. The zero-order chi connectivity index (χ0) is 12.8. The number of rotatable bonds is 3. The number of benzene rings is 1. The fourth-order valence-corrected chi connectivity index (χ4v) is 1.85. The predicted octanol–water partition coefficient (Wildman–Crippen LogP) is 1.71. The van der Waals surface area contributed by atoms with Gasteiger partial charge in [-0.1, -0.05) is 12.1 Å². The lowest BCUT2D eigenvalue weighted by Crippen LogP contribution is -2.36. The highest BCUT2D eigenvalue weighted by molar-refractivity contribution is 5.86. The minimum atomic E-state index is -0.341. The third-order valence-electron chi connectivity index (χ3n) is 2.88. The summed E-state index contributed by atoms with van der Waals surface area (Å²) in [5, 5.41) is 0. The largest absolute Gasteiger partial charge is 0.466 e. The van der Waals surface area contributed by atoms with E-state index in [1.165, 1.54) is 18.9 Å². The van der Waals surface area contributed by atoms with Crippen molar-refractivity contribution in [2.75, 3.05) is 38.3 Å². The summed E-state index contributed by atoms with van der Waals surface area (Å²) in [7, 11) is 1.37. The Labute approximate surface area is 107 Å². The molecule has 0 unspecified atom stereocenters. The highest BCUT2D eigenvalue weighted by atomic mass is 16.5. The van der Waals surface area contributed by atoms with Crippen LogP contribution in [0.3, 0.4) is 0 Å². The smallest absolute Gasteiger partial charge is 0.330 e. The summed E-state index contributed by atoms with van der Waals surface area (Å²) < 4.78 is 9.86. The van der Waals surface area contributed by atoms with E-state index in [9.17, 15) is 4.79 Å². The molecule has 4 nitrogen and oxygen atoms in total. The molecule has 0 bridgehead atoms. The Kier molecular flexibility index (Phi) is 4.36. The van der Waals surface area contributed by atoms with Gasteiger partial charge in [-0.15, -0.1) is 0 Å². The van der Waals surface area contributed by atoms with Gasteiger partial charge in [0.05, 0.1) is 20.3 Å². The van der Waals surface area contributed by atoms with E-state index in [2.05, 4.69) is 21.8 Å². The van der Waals surface area contributed by atoms with Gasteiger partial charge >= 0.3 is 5.97 Å². The molecule has 1 aliphatic rings. The van der Waals surface area contributed by atoms with Crippen LogP contribution in [-0.2, 0) is 14.3 Å². The number of methoxy groups -OCH3 is 1. The maximum absolute atomic E-state index is 11.0. The molecule has 2 rings (SSSR count). The lowest BCUT2D eigenvalue weighted by atomic mass is 10.1. The molecule has 0 amide bonds. The van der Waals surface area contributed by atoms with Crippen LogP contribution < -0.4 is 4.90 Å². The van der Waals surface area contributed by atoms with Gasteiger partial charge in [0.2, 0.25) is 0 Å². The summed E-state index contributed by atoms with van der Waals surface area (Å²) in [6.45, 7) is 3.42. The molecule has 0 N–H and O–H groups in total. The molecule has 0 atom stereocenters. The van der Waals surface area contributed by atoms with E-state index in [0.29, 0.717) is 0 Å². The first-order valence-electron chi connectivity index (χ1n) is 5.98. The average molecular weight is 247 g/mol. The molecule has 0 saturated carbocycles. The molecule has 1 fully saturated rings. The molecule has 0 spiro atoms. The molecule has 18 heavy (non-hydrogen) atoms. The van der Waals surface area contributed by atoms with Gasteiger partial charge in [-0.25, -0.2) is 4.79 Å². The first-order chi connectivity index (χ1) is 8.79. The Balaban J connectivity index is 2.00. The van der Waals surface area contributed by atoms with Gasteiger partial charge in [-0.05, 0) is 23.8 Å². The van der Waals surface area contributed by atoms with Gasteiger partial charge in [-0.3, -0.25) is 0 Å². The Morgan fingerprint density at radius 2 is 1.94 bits per heavy atom. The highest BCUT2D eigenvalue weighted by Crippen LogP contribution is 2.17. The van der Waals surface area contributed by atoms with Crippen molar-refractivity contribution in [1.82, 2.24) is 0 Å². The van der Waals surface area contributed by atoms with Gasteiger partial charge in [0.1, 0.15) is 0 Å². The number of carbonyl (C=O) groups is 1. The summed E-state index contributed by atoms with van der Waals surface area (Å²) in [6, 6.07) is 8.10. The quantitative estimate of drug-likeness (QED) is 0.602. The normalized spacial score (nSPS) is 15.9. The van der Waals surface area contributed by atoms with Crippen LogP contribution in [0.5, 0.6) is 0 Å². The van der Waals surface area contributed by atoms with E-state index in [0.717, 1.165) is 31.9 Å². The molecule has 1 aromatic rings. The number of anilines is 1. The van der Waals surface area contributed by atoms with E-state index in [1.807, 2.05) is 12.1 Å². The molecule has 1 aliphatic heterocycles. The first-order valence-corrected chi connectivity index (χ1v) is 5.98. The van der Waals surface area contributed by atoms with Crippen LogP contribution >= 0.6 is 0 Å². The predicted molar refractivity (Wildman–Crippen MR) is 70.5 cm³/mol.